The van der Waals surface area contributed by atoms with Crippen molar-refractivity contribution in [1.82, 2.24) is 0 Å². The van der Waals surface area contributed by atoms with Gasteiger partial charge in [-0.05, 0) is 38.5 Å². The normalized spacial score (nSPS) is 25.3. The second kappa shape index (κ2) is 5.97. The van der Waals surface area contributed by atoms with E-state index < -0.39 is 33.1 Å². The van der Waals surface area contributed by atoms with Gasteiger partial charge < -0.3 is 4.74 Å². The first-order chi connectivity index (χ1) is 9.35. The molecule has 2 fully saturated rings. The van der Waals surface area contributed by atoms with Crippen molar-refractivity contribution in [2.24, 2.45) is 5.92 Å². The van der Waals surface area contributed by atoms with Crippen molar-refractivity contribution in [3.05, 3.63) is 0 Å². The highest BCUT2D eigenvalue weighted by molar-refractivity contribution is 7.87. The lowest BCUT2D eigenvalue weighted by Crippen LogP contribution is -2.49. The molecule has 1 N–H and O–H groups in total. The summed E-state index contributed by atoms with van der Waals surface area (Å²) in [5.74, 6) is -2.44. The van der Waals surface area contributed by atoms with Crippen molar-refractivity contribution in [3.63, 3.8) is 0 Å². The molecule has 0 aliphatic heterocycles. The van der Waals surface area contributed by atoms with Crippen LogP contribution in [0.4, 0.5) is 4.39 Å². The Balaban J connectivity index is 2.15. The highest BCUT2D eigenvalue weighted by atomic mass is 32.2. The van der Waals surface area contributed by atoms with Crippen molar-refractivity contribution in [3.8, 4) is 0 Å². The van der Waals surface area contributed by atoms with Gasteiger partial charge in [-0.1, -0.05) is 19.3 Å². The molecule has 20 heavy (non-hydrogen) atoms. The smallest absolute Gasteiger partial charge is 0.363 e. The minimum Gasteiger partial charge on any atom is -0.459 e. The molecular formula is C13H21FO5S. The highest BCUT2D eigenvalue weighted by Gasteiger charge is 2.59. The van der Waals surface area contributed by atoms with Crippen LogP contribution in [0.2, 0.25) is 0 Å². The standard InChI is InChI=1S/C13H21FO5S/c14-13(20(16,17)18,10-6-4-5-7-10)12(15)19-11-8-2-1-3-9-11/h10-11H,1-9H2,(H,16,17,18). The molecule has 0 aromatic heterocycles. The van der Waals surface area contributed by atoms with E-state index in [0.717, 1.165) is 19.3 Å². The van der Waals surface area contributed by atoms with E-state index >= 15 is 0 Å². The molecule has 2 aliphatic carbocycles. The zero-order valence-electron chi connectivity index (χ0n) is 11.4. The lowest BCUT2D eigenvalue weighted by Gasteiger charge is -2.29. The number of esters is 1. The molecular weight excluding hydrogens is 287 g/mol. The molecule has 0 spiro atoms. The monoisotopic (exact) mass is 308 g/mol. The van der Waals surface area contributed by atoms with E-state index in [4.69, 9.17) is 4.74 Å². The predicted molar refractivity (Wildman–Crippen MR) is 70.3 cm³/mol. The van der Waals surface area contributed by atoms with Crippen molar-refractivity contribution >= 4 is 16.1 Å². The first-order valence-electron chi connectivity index (χ1n) is 7.22. The summed E-state index contributed by atoms with van der Waals surface area (Å²) in [6.45, 7) is 0. The average molecular weight is 308 g/mol. The summed E-state index contributed by atoms with van der Waals surface area (Å²) in [5.41, 5.74) is 0. The van der Waals surface area contributed by atoms with Crippen LogP contribution in [-0.4, -0.2) is 30.0 Å². The van der Waals surface area contributed by atoms with Crippen LogP contribution in [0.15, 0.2) is 0 Å². The number of rotatable bonds is 4. The minimum absolute atomic E-state index is 0.274. The van der Waals surface area contributed by atoms with Gasteiger partial charge in [0.1, 0.15) is 6.10 Å². The maximum Gasteiger partial charge on any atom is 0.363 e. The Kier molecular flexibility index (Phi) is 4.69. The van der Waals surface area contributed by atoms with Gasteiger partial charge in [-0.3, -0.25) is 4.55 Å². The molecule has 1 unspecified atom stereocenters. The van der Waals surface area contributed by atoms with Crippen LogP contribution in [-0.2, 0) is 19.6 Å². The van der Waals surface area contributed by atoms with Crippen LogP contribution in [0, 0.1) is 5.92 Å². The maximum absolute atomic E-state index is 14.8. The number of hydrogen-bond acceptors (Lipinski definition) is 4. The van der Waals surface area contributed by atoms with Gasteiger partial charge in [-0.2, -0.15) is 8.42 Å². The zero-order valence-corrected chi connectivity index (χ0v) is 12.2. The Hall–Kier alpha value is -0.690. The van der Waals surface area contributed by atoms with Crippen LogP contribution < -0.4 is 0 Å². The third-order valence-corrected chi connectivity index (χ3v) is 5.61. The van der Waals surface area contributed by atoms with Gasteiger partial charge in [0, 0.05) is 5.92 Å². The summed E-state index contributed by atoms with van der Waals surface area (Å²) >= 11 is 0. The third-order valence-electron chi connectivity index (χ3n) is 4.36. The minimum atomic E-state index is -5.14. The number of carbonyl (C=O) groups excluding carboxylic acids is 1. The summed E-state index contributed by atoms with van der Waals surface area (Å²) < 4.78 is 51.9. The summed E-state index contributed by atoms with van der Waals surface area (Å²) in [6.07, 6.45) is 5.47. The fraction of sp³-hybridized carbons (Fsp3) is 0.923. The Bertz CT molecular complexity index is 451. The van der Waals surface area contributed by atoms with Crippen LogP contribution in [0.1, 0.15) is 57.8 Å². The Morgan fingerprint density at radius 1 is 1.05 bits per heavy atom. The Morgan fingerprint density at radius 2 is 1.55 bits per heavy atom. The van der Waals surface area contributed by atoms with E-state index in [1.54, 1.807) is 0 Å². The average Bonchev–Trinajstić information content (AvgIpc) is 2.91. The number of halogens is 1. The van der Waals surface area contributed by atoms with Gasteiger partial charge in [0.15, 0.2) is 0 Å². The maximum atomic E-state index is 14.8. The molecule has 7 heteroatoms. The van der Waals surface area contributed by atoms with E-state index in [0.29, 0.717) is 25.7 Å². The van der Waals surface area contributed by atoms with Gasteiger partial charge in [0.25, 0.3) is 0 Å². The molecule has 2 rings (SSSR count). The van der Waals surface area contributed by atoms with Crippen LogP contribution >= 0.6 is 0 Å². The van der Waals surface area contributed by atoms with Gasteiger partial charge in [0.05, 0.1) is 0 Å². The topological polar surface area (TPSA) is 80.7 Å². The second-order valence-electron chi connectivity index (χ2n) is 5.77. The van der Waals surface area contributed by atoms with Crippen LogP contribution in [0.5, 0.6) is 0 Å². The fourth-order valence-electron chi connectivity index (χ4n) is 3.19. The summed E-state index contributed by atoms with van der Waals surface area (Å²) in [5, 5.41) is -3.30. The van der Waals surface area contributed by atoms with Crippen molar-refractivity contribution in [2.45, 2.75) is 68.9 Å². The first-order valence-corrected chi connectivity index (χ1v) is 8.66. The van der Waals surface area contributed by atoms with Crippen LogP contribution in [0.3, 0.4) is 0 Å². The molecule has 0 radical (unpaired) electrons. The Labute approximate surface area is 118 Å². The van der Waals surface area contributed by atoms with E-state index in [1.165, 1.54) is 0 Å². The molecule has 2 saturated carbocycles. The SMILES string of the molecule is O=C(OC1CCCCC1)C(F)(C1CCCC1)S(=O)(=O)O. The molecule has 5 nitrogen and oxygen atoms in total. The first kappa shape index (κ1) is 15.7. The van der Waals surface area contributed by atoms with E-state index in [9.17, 15) is 22.2 Å². The van der Waals surface area contributed by atoms with Crippen molar-refractivity contribution in [1.29, 1.82) is 0 Å². The van der Waals surface area contributed by atoms with Crippen LogP contribution in [0.25, 0.3) is 0 Å². The molecule has 0 saturated heterocycles. The number of alkyl halides is 1. The molecule has 0 aromatic rings. The van der Waals surface area contributed by atoms with Gasteiger partial charge in [-0.15, -0.1) is 0 Å². The Morgan fingerprint density at radius 3 is 2.05 bits per heavy atom. The number of carbonyl (C=O) groups is 1. The molecule has 1 atom stereocenters. The van der Waals surface area contributed by atoms with Crippen molar-refractivity contribution < 1.29 is 26.9 Å². The summed E-state index contributed by atoms with van der Waals surface area (Å²) in [4.78, 5) is 12.0. The molecule has 2 aliphatic rings. The second-order valence-corrected chi connectivity index (χ2v) is 7.31. The summed E-state index contributed by atoms with van der Waals surface area (Å²) in [6, 6.07) is 0. The highest BCUT2D eigenvalue weighted by Crippen LogP contribution is 2.41. The number of ether oxygens (including phenoxy) is 1. The van der Waals surface area contributed by atoms with E-state index in [1.807, 2.05) is 0 Å². The van der Waals surface area contributed by atoms with Gasteiger partial charge in [-0.25, -0.2) is 9.18 Å². The number of hydrogen-bond donors (Lipinski definition) is 1. The zero-order chi connectivity index (χ0) is 14.8. The molecule has 0 aromatic carbocycles. The molecule has 0 bridgehead atoms. The van der Waals surface area contributed by atoms with Crippen molar-refractivity contribution in [2.75, 3.05) is 0 Å². The van der Waals surface area contributed by atoms with Gasteiger partial charge >= 0.3 is 21.1 Å². The summed E-state index contributed by atoms with van der Waals surface area (Å²) in [7, 11) is -5.14. The fourth-order valence-corrected chi connectivity index (χ4v) is 4.11. The van der Waals surface area contributed by atoms with Gasteiger partial charge in [0.2, 0.25) is 0 Å². The largest absolute Gasteiger partial charge is 0.459 e. The lowest BCUT2D eigenvalue weighted by atomic mass is 9.97. The molecule has 116 valence electrons. The third kappa shape index (κ3) is 2.98. The quantitative estimate of drug-likeness (QED) is 0.638. The lowest BCUT2D eigenvalue weighted by molar-refractivity contribution is -0.162. The van der Waals surface area contributed by atoms with E-state index in [-0.39, 0.29) is 12.8 Å². The van der Waals surface area contributed by atoms with E-state index in [2.05, 4.69) is 0 Å². The predicted octanol–water partition coefficient (Wildman–Crippen LogP) is 2.61. The molecule has 0 heterocycles. The molecule has 0 amide bonds.